The van der Waals surface area contributed by atoms with E-state index in [1.165, 1.54) is 20.3 Å². The number of methoxy groups -OCH3 is 2. The summed E-state index contributed by atoms with van der Waals surface area (Å²) in [7, 11) is 2.50. The number of benzene rings is 1. The molecule has 0 aliphatic carbocycles. The van der Waals surface area contributed by atoms with E-state index in [0.717, 1.165) is 0 Å². The summed E-state index contributed by atoms with van der Waals surface area (Å²) < 4.78 is 15.2. The lowest BCUT2D eigenvalue weighted by molar-refractivity contribution is -0.120. The Morgan fingerprint density at radius 3 is 2.48 bits per heavy atom. The van der Waals surface area contributed by atoms with E-state index in [2.05, 4.69) is 0 Å². The van der Waals surface area contributed by atoms with Crippen LogP contribution in [0.3, 0.4) is 0 Å². The van der Waals surface area contributed by atoms with Gasteiger partial charge in [-0.25, -0.2) is 9.59 Å². The number of ether oxygens (including phenoxy) is 3. The number of carbonyl (C=O) groups is 3. The van der Waals surface area contributed by atoms with Crippen molar-refractivity contribution in [2.45, 2.75) is 18.9 Å². The molecule has 0 N–H and O–H groups in total. The summed E-state index contributed by atoms with van der Waals surface area (Å²) in [5.74, 6) is -0.544. The van der Waals surface area contributed by atoms with Crippen LogP contribution in [0.25, 0.3) is 0 Å². The van der Waals surface area contributed by atoms with Gasteiger partial charge in [-0.1, -0.05) is 0 Å². The molecule has 1 atom stereocenters. The topological polar surface area (TPSA) is 82.1 Å². The largest absolute Gasteiger partial charge is 0.489 e. The zero-order chi connectivity index (χ0) is 16.6. The van der Waals surface area contributed by atoms with E-state index in [1.54, 1.807) is 6.07 Å². The highest BCUT2D eigenvalue weighted by molar-refractivity contribution is 6.04. The molecule has 7 heteroatoms. The van der Waals surface area contributed by atoms with Crippen LogP contribution in [0.15, 0.2) is 12.1 Å². The summed E-state index contributed by atoms with van der Waals surface area (Å²) in [6, 6.07) is 3.04. The molecule has 0 aromatic heterocycles. The second-order valence-corrected chi connectivity index (χ2v) is 5.50. The number of anilines is 1. The van der Waals surface area contributed by atoms with E-state index in [0.29, 0.717) is 37.4 Å². The number of nitrogens with zero attached hydrogens (tertiary/aromatic N) is 1. The third-order valence-corrected chi connectivity index (χ3v) is 4.19. The van der Waals surface area contributed by atoms with Crippen molar-refractivity contribution in [1.82, 2.24) is 0 Å². The number of hydrogen-bond donors (Lipinski definition) is 0. The Kier molecular flexibility index (Phi) is 3.94. The molecule has 3 rings (SSSR count). The monoisotopic (exact) mass is 319 g/mol. The lowest BCUT2D eigenvalue weighted by Gasteiger charge is -2.41. The van der Waals surface area contributed by atoms with Crippen LogP contribution in [0, 0.1) is 0 Å². The molecule has 0 spiro atoms. The molecule has 1 fully saturated rings. The number of carbonyl (C=O) groups excluding carboxylic acids is 3. The van der Waals surface area contributed by atoms with Gasteiger partial charge in [-0.15, -0.1) is 0 Å². The van der Waals surface area contributed by atoms with Crippen molar-refractivity contribution in [2.75, 3.05) is 32.3 Å². The standard InChI is InChI=1S/C16H17NO6/c1-21-15(19)11-6-13-14(7-12(11)16(20)22-2)23-8-9-5-10(18)3-4-17(9)13/h6-7,9H,3-5,8H2,1-2H3/t9-/m0/s1. The summed E-state index contributed by atoms with van der Waals surface area (Å²) in [6.45, 7) is 0.939. The van der Waals surface area contributed by atoms with Crippen LogP contribution >= 0.6 is 0 Å². The van der Waals surface area contributed by atoms with E-state index >= 15 is 0 Å². The van der Waals surface area contributed by atoms with Crippen molar-refractivity contribution in [1.29, 1.82) is 0 Å². The summed E-state index contributed by atoms with van der Waals surface area (Å²) in [4.78, 5) is 37.6. The van der Waals surface area contributed by atoms with Gasteiger partial charge in [0.05, 0.1) is 37.1 Å². The van der Waals surface area contributed by atoms with Crippen molar-refractivity contribution in [3.8, 4) is 5.75 Å². The maximum absolute atomic E-state index is 12.0. The molecule has 23 heavy (non-hydrogen) atoms. The van der Waals surface area contributed by atoms with E-state index in [9.17, 15) is 14.4 Å². The number of piperidine rings is 1. The first-order chi connectivity index (χ1) is 11.0. The third-order valence-electron chi connectivity index (χ3n) is 4.19. The predicted octanol–water partition coefficient (Wildman–Crippen LogP) is 1.19. The molecule has 1 aromatic rings. The van der Waals surface area contributed by atoms with Gasteiger partial charge in [-0.3, -0.25) is 4.79 Å². The lowest BCUT2D eigenvalue weighted by Crippen LogP contribution is -2.48. The molecule has 2 aliphatic rings. The molecular formula is C16H17NO6. The Bertz CT molecular complexity index is 683. The summed E-state index contributed by atoms with van der Waals surface area (Å²) in [6.07, 6.45) is 0.883. The van der Waals surface area contributed by atoms with Crippen LogP contribution in [-0.2, 0) is 14.3 Å². The SMILES string of the molecule is COC(=O)c1cc2c(cc1C(=O)OC)N1CCC(=O)C[C@H]1CO2. The second-order valence-electron chi connectivity index (χ2n) is 5.50. The average molecular weight is 319 g/mol. The van der Waals surface area contributed by atoms with Crippen LogP contribution < -0.4 is 9.64 Å². The van der Waals surface area contributed by atoms with Crippen molar-refractivity contribution in [2.24, 2.45) is 0 Å². The fourth-order valence-electron chi connectivity index (χ4n) is 3.02. The Balaban J connectivity index is 2.08. The average Bonchev–Trinajstić information content (AvgIpc) is 2.58. The summed E-state index contributed by atoms with van der Waals surface area (Å²) >= 11 is 0. The van der Waals surface area contributed by atoms with Crippen molar-refractivity contribution in [3.63, 3.8) is 0 Å². The van der Waals surface area contributed by atoms with Gasteiger partial charge in [0.2, 0.25) is 0 Å². The van der Waals surface area contributed by atoms with Gasteiger partial charge in [0, 0.05) is 19.4 Å². The first kappa shape index (κ1) is 15.3. The first-order valence-corrected chi connectivity index (χ1v) is 7.31. The van der Waals surface area contributed by atoms with E-state index in [-0.39, 0.29) is 23.0 Å². The molecule has 7 nitrogen and oxygen atoms in total. The van der Waals surface area contributed by atoms with Gasteiger partial charge in [-0.05, 0) is 12.1 Å². The van der Waals surface area contributed by atoms with Gasteiger partial charge in [0.1, 0.15) is 18.1 Å². The van der Waals surface area contributed by atoms with Gasteiger partial charge in [0.25, 0.3) is 0 Å². The molecule has 1 aromatic carbocycles. The minimum Gasteiger partial charge on any atom is -0.489 e. The Hall–Kier alpha value is -2.57. The van der Waals surface area contributed by atoms with Crippen LogP contribution in [0.1, 0.15) is 33.6 Å². The highest BCUT2D eigenvalue weighted by Crippen LogP contribution is 2.39. The number of rotatable bonds is 2. The molecule has 0 saturated carbocycles. The zero-order valence-corrected chi connectivity index (χ0v) is 13.0. The van der Waals surface area contributed by atoms with Crippen molar-refractivity contribution in [3.05, 3.63) is 23.3 Å². The molecule has 1 saturated heterocycles. The summed E-state index contributed by atoms with van der Waals surface area (Å²) in [5, 5.41) is 0. The third kappa shape index (κ3) is 2.62. The highest BCUT2D eigenvalue weighted by atomic mass is 16.5. The highest BCUT2D eigenvalue weighted by Gasteiger charge is 2.35. The summed E-state index contributed by atoms with van der Waals surface area (Å²) in [5.41, 5.74) is 0.922. The molecule has 122 valence electrons. The second kappa shape index (κ2) is 5.91. The molecule has 0 unspecified atom stereocenters. The molecule has 2 heterocycles. The Morgan fingerprint density at radius 2 is 1.83 bits per heavy atom. The number of fused-ring (bicyclic) bond motifs is 3. The van der Waals surface area contributed by atoms with E-state index < -0.39 is 11.9 Å². The van der Waals surface area contributed by atoms with Gasteiger partial charge < -0.3 is 19.1 Å². The number of esters is 2. The van der Waals surface area contributed by atoms with E-state index in [1.807, 2.05) is 4.90 Å². The fraction of sp³-hybridized carbons (Fsp3) is 0.438. The van der Waals surface area contributed by atoms with Crippen molar-refractivity contribution >= 4 is 23.4 Å². The minimum atomic E-state index is -0.632. The van der Waals surface area contributed by atoms with Gasteiger partial charge in [-0.2, -0.15) is 0 Å². The smallest absolute Gasteiger partial charge is 0.338 e. The molecule has 0 radical (unpaired) electrons. The lowest BCUT2D eigenvalue weighted by atomic mass is 9.97. The van der Waals surface area contributed by atoms with Gasteiger partial charge >= 0.3 is 11.9 Å². The van der Waals surface area contributed by atoms with Crippen LogP contribution in [0.4, 0.5) is 5.69 Å². The minimum absolute atomic E-state index is 0.0433. The molecular weight excluding hydrogens is 302 g/mol. The van der Waals surface area contributed by atoms with E-state index in [4.69, 9.17) is 14.2 Å². The molecule has 2 aliphatic heterocycles. The number of ketones is 1. The van der Waals surface area contributed by atoms with Crippen LogP contribution in [0.2, 0.25) is 0 Å². The van der Waals surface area contributed by atoms with Crippen LogP contribution in [-0.4, -0.2) is 51.1 Å². The fourth-order valence-corrected chi connectivity index (χ4v) is 3.02. The Labute approximate surface area is 133 Å². The predicted molar refractivity (Wildman–Crippen MR) is 80.0 cm³/mol. The molecule has 0 amide bonds. The van der Waals surface area contributed by atoms with Crippen LogP contribution in [0.5, 0.6) is 5.75 Å². The quantitative estimate of drug-likeness (QED) is 0.757. The zero-order valence-electron chi connectivity index (χ0n) is 13.0. The maximum Gasteiger partial charge on any atom is 0.338 e. The Morgan fingerprint density at radius 1 is 1.17 bits per heavy atom. The molecule has 0 bridgehead atoms. The number of Topliss-reactive ketones (excluding diaryl/α,β-unsaturated/α-hetero) is 1. The van der Waals surface area contributed by atoms with Crippen molar-refractivity contribution < 1.29 is 28.6 Å². The maximum atomic E-state index is 12.0. The number of hydrogen-bond acceptors (Lipinski definition) is 7. The normalized spacial score (nSPS) is 19.3. The van der Waals surface area contributed by atoms with Gasteiger partial charge in [0.15, 0.2) is 0 Å². The first-order valence-electron chi connectivity index (χ1n) is 7.31.